The highest BCUT2D eigenvalue weighted by atomic mass is 16.2. The minimum absolute atomic E-state index is 0.124. The van der Waals surface area contributed by atoms with E-state index in [1.807, 2.05) is 29.3 Å². The van der Waals surface area contributed by atoms with E-state index in [2.05, 4.69) is 36.2 Å². The molecule has 0 aliphatic carbocycles. The topological polar surface area (TPSA) is 33.2 Å². The molecule has 27 heavy (non-hydrogen) atoms. The number of carbonyl (C=O) groups excluding carboxylic acids is 1. The Balaban J connectivity index is 1.58. The van der Waals surface area contributed by atoms with E-state index >= 15 is 0 Å². The average molecular weight is 363 g/mol. The van der Waals surface area contributed by atoms with Crippen LogP contribution in [0.1, 0.15) is 56.6 Å². The van der Waals surface area contributed by atoms with Gasteiger partial charge in [-0.3, -0.25) is 9.78 Å². The van der Waals surface area contributed by atoms with Gasteiger partial charge >= 0.3 is 0 Å². The number of carbonyl (C=O) groups is 1. The van der Waals surface area contributed by atoms with Crippen molar-refractivity contribution in [1.82, 2.24) is 9.88 Å². The van der Waals surface area contributed by atoms with Crippen LogP contribution in [-0.4, -0.2) is 28.9 Å². The maximum atomic E-state index is 12.2. The van der Waals surface area contributed by atoms with Crippen molar-refractivity contribution in [3.05, 3.63) is 59.8 Å². The molecule has 1 aromatic heterocycles. The molecule has 0 bridgehead atoms. The van der Waals surface area contributed by atoms with Gasteiger partial charge in [-0.2, -0.15) is 0 Å². The molecule has 0 spiro atoms. The van der Waals surface area contributed by atoms with E-state index in [9.17, 15) is 4.79 Å². The molecular formula is C24H30N2O. The Kier molecular flexibility index (Phi) is 7.20. The monoisotopic (exact) mass is 362 g/mol. The Labute approximate surface area is 163 Å². The molecule has 142 valence electrons. The summed E-state index contributed by atoms with van der Waals surface area (Å²) in [7, 11) is 0. The van der Waals surface area contributed by atoms with E-state index in [0.717, 1.165) is 49.2 Å². The van der Waals surface area contributed by atoms with Gasteiger partial charge < -0.3 is 4.90 Å². The lowest BCUT2D eigenvalue weighted by Crippen LogP contribution is -2.34. The van der Waals surface area contributed by atoms with Crippen molar-refractivity contribution in [3.8, 4) is 11.3 Å². The highest BCUT2D eigenvalue weighted by Crippen LogP contribution is 2.19. The zero-order valence-corrected chi connectivity index (χ0v) is 16.4. The zero-order valence-electron chi connectivity index (χ0n) is 16.4. The standard InChI is InChI=1S/C24H30N2O/c1-2-3-5-8-21-11-15-23(25-19-21)22-13-9-20(10-14-22)12-16-24(27)26-17-6-4-7-18-26/h9-16,19H,2-8,17-18H2,1H3. The molecule has 1 aromatic carbocycles. The summed E-state index contributed by atoms with van der Waals surface area (Å²) in [5.41, 5.74) is 4.45. The number of rotatable bonds is 7. The first-order chi connectivity index (χ1) is 13.3. The molecule has 3 heteroatoms. The summed E-state index contributed by atoms with van der Waals surface area (Å²) in [6.45, 7) is 4.01. The van der Waals surface area contributed by atoms with E-state index in [0.29, 0.717) is 0 Å². The Morgan fingerprint density at radius 2 is 1.81 bits per heavy atom. The number of benzene rings is 1. The largest absolute Gasteiger partial charge is 0.339 e. The van der Waals surface area contributed by atoms with E-state index in [-0.39, 0.29) is 5.91 Å². The molecule has 0 unspecified atom stereocenters. The van der Waals surface area contributed by atoms with Gasteiger partial charge in [0.05, 0.1) is 5.69 Å². The van der Waals surface area contributed by atoms with Gasteiger partial charge in [0.15, 0.2) is 0 Å². The summed E-state index contributed by atoms with van der Waals surface area (Å²) in [5.74, 6) is 0.124. The van der Waals surface area contributed by atoms with E-state index < -0.39 is 0 Å². The molecule has 0 saturated carbocycles. The SMILES string of the molecule is CCCCCc1ccc(-c2ccc(C=CC(=O)N3CCCCC3)cc2)nc1. The van der Waals surface area contributed by atoms with Crippen LogP contribution in [0, 0.1) is 0 Å². The van der Waals surface area contributed by atoms with Crippen molar-refractivity contribution in [3.63, 3.8) is 0 Å². The van der Waals surface area contributed by atoms with E-state index in [1.165, 1.54) is 31.2 Å². The molecule has 1 aliphatic rings. The second-order valence-electron chi connectivity index (χ2n) is 7.35. The highest BCUT2D eigenvalue weighted by Gasteiger charge is 2.13. The minimum atomic E-state index is 0.124. The van der Waals surface area contributed by atoms with Crippen molar-refractivity contribution >= 4 is 12.0 Å². The van der Waals surface area contributed by atoms with Gasteiger partial charge in [-0.05, 0) is 55.4 Å². The van der Waals surface area contributed by atoms with Crippen LogP contribution in [0.4, 0.5) is 0 Å². The first-order valence-electron chi connectivity index (χ1n) is 10.3. The van der Waals surface area contributed by atoms with Crippen LogP contribution < -0.4 is 0 Å². The number of amides is 1. The van der Waals surface area contributed by atoms with Crippen LogP contribution in [0.2, 0.25) is 0 Å². The summed E-state index contributed by atoms with van der Waals surface area (Å²) in [5, 5.41) is 0. The average Bonchev–Trinajstić information content (AvgIpc) is 2.74. The molecule has 1 amide bonds. The van der Waals surface area contributed by atoms with Gasteiger partial charge in [0, 0.05) is 30.9 Å². The van der Waals surface area contributed by atoms with Crippen LogP contribution in [0.3, 0.4) is 0 Å². The quantitative estimate of drug-likeness (QED) is 0.481. The third kappa shape index (κ3) is 5.78. The van der Waals surface area contributed by atoms with Gasteiger partial charge in [0.25, 0.3) is 0 Å². The Bertz CT molecular complexity index is 741. The third-order valence-electron chi connectivity index (χ3n) is 5.19. The molecule has 3 nitrogen and oxygen atoms in total. The van der Waals surface area contributed by atoms with Gasteiger partial charge in [-0.15, -0.1) is 0 Å². The summed E-state index contributed by atoms with van der Waals surface area (Å²) in [6, 6.07) is 12.5. The van der Waals surface area contributed by atoms with Crippen molar-refractivity contribution in [2.75, 3.05) is 13.1 Å². The van der Waals surface area contributed by atoms with Gasteiger partial charge in [-0.25, -0.2) is 0 Å². The zero-order chi connectivity index (χ0) is 18.9. The molecule has 3 rings (SSSR count). The van der Waals surface area contributed by atoms with Gasteiger partial charge in [-0.1, -0.05) is 50.1 Å². The molecule has 1 saturated heterocycles. The minimum Gasteiger partial charge on any atom is -0.339 e. The Morgan fingerprint density at radius 1 is 1.04 bits per heavy atom. The Morgan fingerprint density at radius 3 is 2.48 bits per heavy atom. The summed E-state index contributed by atoms with van der Waals surface area (Å²) in [6.07, 6.45) is 13.9. The number of aryl methyl sites for hydroxylation is 1. The number of nitrogens with zero attached hydrogens (tertiary/aromatic N) is 2. The highest BCUT2D eigenvalue weighted by molar-refractivity contribution is 5.91. The van der Waals surface area contributed by atoms with Crippen LogP contribution >= 0.6 is 0 Å². The van der Waals surface area contributed by atoms with Crippen LogP contribution in [0.5, 0.6) is 0 Å². The van der Waals surface area contributed by atoms with Crippen molar-refractivity contribution in [2.45, 2.75) is 51.9 Å². The number of piperidine rings is 1. The molecule has 1 fully saturated rings. The smallest absolute Gasteiger partial charge is 0.246 e. The summed E-state index contributed by atoms with van der Waals surface area (Å²) in [4.78, 5) is 18.8. The van der Waals surface area contributed by atoms with Crippen LogP contribution in [0.15, 0.2) is 48.7 Å². The number of aromatic nitrogens is 1. The van der Waals surface area contributed by atoms with Crippen molar-refractivity contribution < 1.29 is 4.79 Å². The number of pyridine rings is 1. The normalized spacial score (nSPS) is 14.6. The summed E-state index contributed by atoms with van der Waals surface area (Å²) >= 11 is 0. The number of hydrogen-bond acceptors (Lipinski definition) is 2. The van der Waals surface area contributed by atoms with Crippen molar-refractivity contribution in [2.24, 2.45) is 0 Å². The van der Waals surface area contributed by atoms with Gasteiger partial charge in [0.2, 0.25) is 5.91 Å². The van der Waals surface area contributed by atoms with Crippen LogP contribution in [0.25, 0.3) is 17.3 Å². The summed E-state index contributed by atoms with van der Waals surface area (Å²) < 4.78 is 0. The maximum absolute atomic E-state index is 12.2. The molecular weight excluding hydrogens is 332 g/mol. The fourth-order valence-corrected chi connectivity index (χ4v) is 3.47. The first kappa shape index (κ1) is 19.3. The number of unbranched alkanes of at least 4 members (excludes halogenated alkanes) is 2. The van der Waals surface area contributed by atoms with Crippen molar-refractivity contribution in [1.29, 1.82) is 0 Å². The first-order valence-corrected chi connectivity index (χ1v) is 10.3. The lowest BCUT2D eigenvalue weighted by molar-refractivity contribution is -0.126. The molecule has 0 atom stereocenters. The lowest BCUT2D eigenvalue weighted by atomic mass is 10.1. The molecule has 0 N–H and O–H groups in total. The maximum Gasteiger partial charge on any atom is 0.246 e. The van der Waals surface area contributed by atoms with Crippen LogP contribution in [-0.2, 0) is 11.2 Å². The second-order valence-corrected chi connectivity index (χ2v) is 7.35. The molecule has 2 aromatic rings. The number of likely N-dealkylation sites (tertiary alicyclic amines) is 1. The lowest BCUT2D eigenvalue weighted by Gasteiger charge is -2.25. The fourth-order valence-electron chi connectivity index (χ4n) is 3.47. The molecule has 1 aliphatic heterocycles. The van der Waals surface area contributed by atoms with E-state index in [4.69, 9.17) is 0 Å². The molecule has 2 heterocycles. The third-order valence-corrected chi connectivity index (χ3v) is 5.19. The Hall–Kier alpha value is -2.42. The second kappa shape index (κ2) is 10.1. The number of hydrogen-bond donors (Lipinski definition) is 0. The van der Waals surface area contributed by atoms with E-state index in [1.54, 1.807) is 6.08 Å². The predicted molar refractivity (Wildman–Crippen MR) is 112 cm³/mol. The predicted octanol–water partition coefficient (Wildman–Crippen LogP) is 5.51. The fraction of sp³-hybridized carbons (Fsp3) is 0.417. The van der Waals surface area contributed by atoms with Gasteiger partial charge in [0.1, 0.15) is 0 Å². The molecule has 0 radical (unpaired) electrons.